The van der Waals surface area contributed by atoms with Crippen molar-refractivity contribution >= 4 is 54.9 Å². The van der Waals surface area contributed by atoms with Gasteiger partial charge in [0, 0.05) is 9.35 Å². The van der Waals surface area contributed by atoms with E-state index in [1.54, 1.807) is 11.3 Å². The molecule has 0 radical (unpaired) electrons. The highest BCUT2D eigenvalue weighted by Crippen LogP contribution is 2.33. The van der Waals surface area contributed by atoms with Crippen molar-refractivity contribution in [3.8, 4) is 0 Å². The maximum atomic E-state index is 5.80. The first-order valence-corrected chi connectivity index (χ1v) is 7.86. The van der Waals surface area contributed by atoms with Crippen molar-refractivity contribution in [1.82, 2.24) is 9.97 Å². The van der Waals surface area contributed by atoms with Crippen LogP contribution in [0.25, 0.3) is 10.2 Å². The number of aromatic nitrogens is 2. The van der Waals surface area contributed by atoms with Gasteiger partial charge in [-0.25, -0.2) is 4.98 Å². The van der Waals surface area contributed by atoms with E-state index in [9.17, 15) is 0 Å². The molecule has 3 aromatic rings. The Labute approximate surface area is 129 Å². The number of benzene rings is 1. The van der Waals surface area contributed by atoms with Gasteiger partial charge in [-0.1, -0.05) is 19.1 Å². The molecule has 0 bridgehead atoms. The van der Waals surface area contributed by atoms with Crippen LogP contribution >= 0.6 is 27.3 Å². The van der Waals surface area contributed by atoms with Gasteiger partial charge in [-0.15, -0.1) is 11.3 Å². The summed E-state index contributed by atoms with van der Waals surface area (Å²) in [6, 6.07) is 10.0. The summed E-state index contributed by atoms with van der Waals surface area (Å²) in [5.74, 6) is 1.03. The fourth-order valence-electron chi connectivity index (χ4n) is 1.95. The van der Waals surface area contributed by atoms with Gasteiger partial charge < -0.3 is 11.1 Å². The SMILES string of the molecule is CCc1cc2c(Nc3ccccc3Br)nc(N)nc2s1. The Bertz CT molecular complexity index is 769. The van der Waals surface area contributed by atoms with Crippen LogP contribution in [0.1, 0.15) is 11.8 Å². The molecular formula is C14H13BrN4S. The minimum atomic E-state index is 0.288. The van der Waals surface area contributed by atoms with Crippen molar-refractivity contribution in [2.75, 3.05) is 11.1 Å². The molecule has 0 amide bonds. The van der Waals surface area contributed by atoms with Gasteiger partial charge in [0.25, 0.3) is 0 Å². The van der Waals surface area contributed by atoms with E-state index in [0.717, 1.165) is 32.6 Å². The van der Waals surface area contributed by atoms with Crippen LogP contribution in [0.15, 0.2) is 34.8 Å². The number of nitrogens with two attached hydrogens (primary N) is 1. The molecule has 0 aliphatic carbocycles. The highest BCUT2D eigenvalue weighted by Gasteiger charge is 2.11. The molecule has 2 aromatic heterocycles. The fraction of sp³-hybridized carbons (Fsp3) is 0.143. The van der Waals surface area contributed by atoms with Gasteiger partial charge in [-0.2, -0.15) is 4.98 Å². The molecule has 4 nitrogen and oxygen atoms in total. The second-order valence-corrected chi connectivity index (χ2v) is 6.29. The number of hydrogen-bond acceptors (Lipinski definition) is 5. The van der Waals surface area contributed by atoms with Crippen LogP contribution in [0.4, 0.5) is 17.5 Å². The molecule has 0 saturated heterocycles. The molecule has 3 rings (SSSR count). The summed E-state index contributed by atoms with van der Waals surface area (Å²) in [6.07, 6.45) is 0.982. The number of halogens is 1. The van der Waals surface area contributed by atoms with Crippen molar-refractivity contribution in [3.63, 3.8) is 0 Å². The number of hydrogen-bond donors (Lipinski definition) is 2. The molecule has 3 N–H and O–H groups in total. The van der Waals surface area contributed by atoms with Crippen LogP contribution in [-0.4, -0.2) is 9.97 Å². The molecule has 20 heavy (non-hydrogen) atoms. The largest absolute Gasteiger partial charge is 0.368 e. The van der Waals surface area contributed by atoms with Crippen LogP contribution in [0.5, 0.6) is 0 Å². The topological polar surface area (TPSA) is 63.8 Å². The third kappa shape index (κ3) is 2.48. The smallest absolute Gasteiger partial charge is 0.223 e. The predicted molar refractivity (Wildman–Crippen MR) is 88.6 cm³/mol. The van der Waals surface area contributed by atoms with E-state index in [2.05, 4.69) is 44.2 Å². The van der Waals surface area contributed by atoms with E-state index in [1.807, 2.05) is 24.3 Å². The number of nitrogens with one attached hydrogen (secondary N) is 1. The fourth-order valence-corrected chi connectivity index (χ4v) is 3.31. The molecular weight excluding hydrogens is 336 g/mol. The zero-order valence-electron chi connectivity index (χ0n) is 10.9. The van der Waals surface area contributed by atoms with Gasteiger partial charge in [0.15, 0.2) is 0 Å². The summed E-state index contributed by atoms with van der Waals surface area (Å²) in [5, 5.41) is 4.33. The highest BCUT2D eigenvalue weighted by atomic mass is 79.9. The number of anilines is 3. The Morgan fingerprint density at radius 1 is 1.30 bits per heavy atom. The number of nitrogen functional groups attached to an aromatic ring is 1. The van der Waals surface area contributed by atoms with Gasteiger partial charge in [0.1, 0.15) is 10.6 Å². The quantitative estimate of drug-likeness (QED) is 0.738. The average Bonchev–Trinajstić information content (AvgIpc) is 2.84. The summed E-state index contributed by atoms with van der Waals surface area (Å²) >= 11 is 5.18. The molecule has 0 atom stereocenters. The Kier molecular flexibility index (Phi) is 3.58. The molecule has 1 aromatic carbocycles. The zero-order valence-corrected chi connectivity index (χ0v) is 13.3. The molecule has 0 fully saturated rings. The summed E-state index contributed by atoms with van der Waals surface area (Å²) in [7, 11) is 0. The van der Waals surface area contributed by atoms with Crippen molar-refractivity contribution < 1.29 is 0 Å². The molecule has 0 aliphatic rings. The van der Waals surface area contributed by atoms with E-state index >= 15 is 0 Å². The van der Waals surface area contributed by atoms with Crippen LogP contribution in [-0.2, 0) is 6.42 Å². The Balaban J connectivity index is 2.11. The van der Waals surface area contributed by atoms with E-state index < -0.39 is 0 Å². The van der Waals surface area contributed by atoms with E-state index in [0.29, 0.717) is 0 Å². The minimum absolute atomic E-state index is 0.288. The van der Waals surface area contributed by atoms with Crippen LogP contribution < -0.4 is 11.1 Å². The van der Waals surface area contributed by atoms with Crippen molar-refractivity contribution in [2.24, 2.45) is 0 Å². The van der Waals surface area contributed by atoms with E-state index in [1.165, 1.54) is 4.88 Å². The summed E-state index contributed by atoms with van der Waals surface area (Å²) in [5.41, 5.74) is 6.75. The highest BCUT2D eigenvalue weighted by molar-refractivity contribution is 9.10. The standard InChI is InChI=1S/C14H13BrN4S/c1-2-8-7-9-12(18-14(16)19-13(9)20-8)17-11-6-4-3-5-10(11)15/h3-7H,2H2,1H3,(H3,16,17,18,19). The van der Waals surface area contributed by atoms with Crippen LogP contribution in [0.2, 0.25) is 0 Å². The Morgan fingerprint density at radius 3 is 2.85 bits per heavy atom. The maximum Gasteiger partial charge on any atom is 0.223 e. The summed E-state index contributed by atoms with van der Waals surface area (Å²) in [6.45, 7) is 2.13. The average molecular weight is 349 g/mol. The molecule has 6 heteroatoms. The van der Waals surface area contributed by atoms with Crippen molar-refractivity contribution in [2.45, 2.75) is 13.3 Å². The molecule has 0 spiro atoms. The van der Waals surface area contributed by atoms with Gasteiger partial charge >= 0.3 is 0 Å². The second kappa shape index (κ2) is 5.38. The number of para-hydroxylation sites is 1. The van der Waals surface area contributed by atoms with Crippen molar-refractivity contribution in [3.05, 3.63) is 39.7 Å². The lowest BCUT2D eigenvalue weighted by Gasteiger charge is -2.08. The van der Waals surface area contributed by atoms with Crippen molar-refractivity contribution in [1.29, 1.82) is 0 Å². The number of thiophene rings is 1. The zero-order chi connectivity index (χ0) is 14.1. The maximum absolute atomic E-state index is 5.80. The monoisotopic (exact) mass is 348 g/mol. The van der Waals surface area contributed by atoms with Gasteiger partial charge in [0.2, 0.25) is 5.95 Å². The van der Waals surface area contributed by atoms with Crippen LogP contribution in [0.3, 0.4) is 0 Å². The predicted octanol–water partition coefficient (Wildman–Crippen LogP) is 4.34. The number of aryl methyl sites for hydroxylation is 1. The number of nitrogens with zero attached hydrogens (tertiary/aromatic N) is 2. The second-order valence-electron chi connectivity index (χ2n) is 4.32. The molecule has 0 aliphatic heterocycles. The third-order valence-corrected chi connectivity index (χ3v) is 4.80. The van der Waals surface area contributed by atoms with E-state index in [-0.39, 0.29) is 5.95 Å². The first kappa shape index (κ1) is 13.3. The van der Waals surface area contributed by atoms with Gasteiger partial charge in [-0.3, -0.25) is 0 Å². The third-order valence-electron chi connectivity index (χ3n) is 2.94. The normalized spacial score (nSPS) is 10.9. The van der Waals surface area contributed by atoms with Gasteiger partial charge in [-0.05, 0) is 40.5 Å². The lowest BCUT2D eigenvalue weighted by molar-refractivity contribution is 1.19. The first-order chi connectivity index (χ1) is 9.67. The molecule has 0 unspecified atom stereocenters. The minimum Gasteiger partial charge on any atom is -0.368 e. The first-order valence-electron chi connectivity index (χ1n) is 6.25. The lowest BCUT2D eigenvalue weighted by atomic mass is 10.3. The van der Waals surface area contributed by atoms with Gasteiger partial charge in [0.05, 0.1) is 11.1 Å². The summed E-state index contributed by atoms with van der Waals surface area (Å²) in [4.78, 5) is 10.8. The molecule has 2 heterocycles. The Morgan fingerprint density at radius 2 is 2.10 bits per heavy atom. The molecule has 0 saturated carbocycles. The number of rotatable bonds is 3. The molecule has 102 valence electrons. The van der Waals surface area contributed by atoms with E-state index in [4.69, 9.17) is 5.73 Å². The summed E-state index contributed by atoms with van der Waals surface area (Å²) < 4.78 is 0.983. The van der Waals surface area contributed by atoms with Crippen LogP contribution in [0, 0.1) is 0 Å². The number of fused-ring (bicyclic) bond motifs is 1. The lowest BCUT2D eigenvalue weighted by Crippen LogP contribution is -2.00. The Hall–Kier alpha value is -1.66.